The second kappa shape index (κ2) is 4.23. The molecule has 13 heavy (non-hydrogen) atoms. The second-order valence-electron chi connectivity index (χ2n) is 4.47. The maximum absolute atomic E-state index is 11.7. The van der Waals surface area contributed by atoms with E-state index in [1.54, 1.807) is 0 Å². The van der Waals surface area contributed by atoms with Crippen LogP contribution >= 0.6 is 0 Å². The third-order valence-electron chi connectivity index (χ3n) is 3.41. The Morgan fingerprint density at radius 2 is 2.00 bits per heavy atom. The molecule has 74 valence electrons. The molecule has 2 aliphatic rings. The van der Waals surface area contributed by atoms with Crippen LogP contribution in [0.4, 0.5) is 0 Å². The summed E-state index contributed by atoms with van der Waals surface area (Å²) in [5, 5.41) is 3.32. The zero-order valence-corrected chi connectivity index (χ0v) is 8.22. The van der Waals surface area contributed by atoms with Gasteiger partial charge in [-0.05, 0) is 25.3 Å². The highest BCUT2D eigenvalue weighted by Crippen LogP contribution is 2.30. The van der Waals surface area contributed by atoms with Gasteiger partial charge in [-0.25, -0.2) is 0 Å². The lowest BCUT2D eigenvalue weighted by Gasteiger charge is -2.28. The molecule has 1 heterocycles. The van der Waals surface area contributed by atoms with E-state index >= 15 is 0 Å². The highest BCUT2D eigenvalue weighted by atomic mass is 16.1. The number of carbonyl (C=O) groups excluding carboxylic acids is 1. The third kappa shape index (κ3) is 2.31. The lowest BCUT2D eigenvalue weighted by molar-refractivity contribution is -0.123. The molecule has 1 unspecified atom stereocenters. The van der Waals surface area contributed by atoms with Crippen LogP contribution in [0.5, 0.6) is 0 Å². The molecule has 0 amide bonds. The van der Waals surface area contributed by atoms with E-state index in [2.05, 4.69) is 5.32 Å². The van der Waals surface area contributed by atoms with E-state index in [1.165, 1.54) is 32.1 Å². The molecule has 2 heteroatoms. The van der Waals surface area contributed by atoms with E-state index < -0.39 is 0 Å². The predicted molar refractivity (Wildman–Crippen MR) is 52.6 cm³/mol. The minimum Gasteiger partial charge on any atom is -0.307 e. The quantitative estimate of drug-likeness (QED) is 0.720. The molecule has 0 aromatic heterocycles. The number of ketones is 1. The van der Waals surface area contributed by atoms with Gasteiger partial charge in [-0.2, -0.15) is 0 Å². The summed E-state index contributed by atoms with van der Waals surface area (Å²) in [6.07, 6.45) is 8.32. The maximum Gasteiger partial charge on any atom is 0.150 e. The lowest BCUT2D eigenvalue weighted by Crippen LogP contribution is -2.41. The molecule has 1 N–H and O–H groups in total. The average Bonchev–Trinajstić information content (AvgIpc) is 2.12. The molecule has 0 spiro atoms. The van der Waals surface area contributed by atoms with Crippen molar-refractivity contribution in [2.75, 3.05) is 6.54 Å². The molecule has 1 aliphatic carbocycles. The number of Topliss-reactive ketones (excluding diaryl/α,β-unsaturated/α-hetero) is 1. The van der Waals surface area contributed by atoms with Gasteiger partial charge in [0.25, 0.3) is 0 Å². The number of nitrogens with one attached hydrogen (secondary N) is 1. The van der Waals surface area contributed by atoms with Crippen LogP contribution in [0.1, 0.15) is 44.9 Å². The van der Waals surface area contributed by atoms with Gasteiger partial charge in [0.15, 0.2) is 0 Å². The van der Waals surface area contributed by atoms with Crippen LogP contribution in [0.2, 0.25) is 0 Å². The van der Waals surface area contributed by atoms with Crippen molar-refractivity contribution in [1.29, 1.82) is 0 Å². The predicted octanol–water partition coefficient (Wildman–Crippen LogP) is 1.89. The summed E-state index contributed by atoms with van der Waals surface area (Å²) in [7, 11) is 0. The molecule has 1 aliphatic heterocycles. The van der Waals surface area contributed by atoms with Gasteiger partial charge in [0.05, 0.1) is 6.04 Å². The van der Waals surface area contributed by atoms with Crippen molar-refractivity contribution in [1.82, 2.24) is 5.32 Å². The molecule has 1 atom stereocenters. The van der Waals surface area contributed by atoms with Gasteiger partial charge < -0.3 is 5.32 Å². The van der Waals surface area contributed by atoms with Crippen LogP contribution in [0, 0.1) is 5.92 Å². The van der Waals surface area contributed by atoms with E-state index in [1.807, 2.05) is 0 Å². The Hall–Kier alpha value is -0.370. The molecule has 0 aromatic carbocycles. The summed E-state index contributed by atoms with van der Waals surface area (Å²) in [5.74, 6) is 1.21. The number of carbonyl (C=O) groups is 1. The van der Waals surface area contributed by atoms with E-state index in [-0.39, 0.29) is 6.04 Å². The summed E-state index contributed by atoms with van der Waals surface area (Å²) < 4.78 is 0. The Balaban J connectivity index is 1.74. The fraction of sp³-hybridized carbons (Fsp3) is 0.909. The van der Waals surface area contributed by atoms with Crippen molar-refractivity contribution < 1.29 is 4.79 Å². The van der Waals surface area contributed by atoms with Gasteiger partial charge in [0, 0.05) is 6.42 Å². The van der Waals surface area contributed by atoms with Crippen molar-refractivity contribution in [3.05, 3.63) is 0 Å². The van der Waals surface area contributed by atoms with E-state index in [4.69, 9.17) is 0 Å². The van der Waals surface area contributed by atoms with Crippen molar-refractivity contribution in [2.24, 2.45) is 5.92 Å². The summed E-state index contributed by atoms with van der Waals surface area (Å²) >= 11 is 0. The van der Waals surface area contributed by atoms with Gasteiger partial charge in [-0.15, -0.1) is 0 Å². The standard InChI is InChI=1S/C11H19NO/c13-11(8-9-4-3-5-9)10-6-1-2-7-12-10/h9-10,12H,1-8H2. The van der Waals surface area contributed by atoms with Gasteiger partial charge in [-0.3, -0.25) is 4.79 Å². The summed E-state index contributed by atoms with van der Waals surface area (Å²) in [5.41, 5.74) is 0. The van der Waals surface area contributed by atoms with Crippen LogP contribution in [0.3, 0.4) is 0 Å². The van der Waals surface area contributed by atoms with Crippen LogP contribution < -0.4 is 5.32 Å². The largest absolute Gasteiger partial charge is 0.307 e. The number of rotatable bonds is 3. The van der Waals surface area contributed by atoms with E-state index in [0.29, 0.717) is 5.78 Å². The summed E-state index contributed by atoms with van der Waals surface area (Å²) in [6.45, 7) is 1.04. The molecule has 0 radical (unpaired) electrons. The van der Waals surface area contributed by atoms with Crippen molar-refractivity contribution in [3.63, 3.8) is 0 Å². The molecule has 2 nitrogen and oxygen atoms in total. The normalized spacial score (nSPS) is 29.7. The first-order chi connectivity index (χ1) is 6.36. The molecule has 1 saturated carbocycles. The van der Waals surface area contributed by atoms with Crippen molar-refractivity contribution >= 4 is 5.78 Å². The Bertz CT molecular complexity index is 181. The zero-order valence-electron chi connectivity index (χ0n) is 8.22. The Kier molecular flexibility index (Phi) is 2.99. The number of hydrogen-bond acceptors (Lipinski definition) is 2. The lowest BCUT2D eigenvalue weighted by atomic mass is 9.80. The average molecular weight is 181 g/mol. The fourth-order valence-electron chi connectivity index (χ4n) is 2.25. The molecule has 1 saturated heterocycles. The fourth-order valence-corrected chi connectivity index (χ4v) is 2.25. The first kappa shape index (κ1) is 9.20. The Labute approximate surface area is 80.1 Å². The Morgan fingerprint density at radius 1 is 1.15 bits per heavy atom. The number of piperidine rings is 1. The minimum atomic E-state index is 0.203. The summed E-state index contributed by atoms with van der Waals surface area (Å²) in [6, 6.07) is 0.203. The van der Waals surface area contributed by atoms with Gasteiger partial charge in [0.1, 0.15) is 5.78 Å². The van der Waals surface area contributed by atoms with Gasteiger partial charge in [0.2, 0.25) is 0 Å². The molecule has 0 aromatic rings. The summed E-state index contributed by atoms with van der Waals surface area (Å²) in [4.78, 5) is 11.7. The maximum atomic E-state index is 11.7. The van der Waals surface area contributed by atoms with Gasteiger partial charge >= 0.3 is 0 Å². The van der Waals surface area contributed by atoms with Crippen LogP contribution in [-0.4, -0.2) is 18.4 Å². The van der Waals surface area contributed by atoms with Crippen molar-refractivity contribution in [3.8, 4) is 0 Å². The first-order valence-electron chi connectivity index (χ1n) is 5.62. The topological polar surface area (TPSA) is 29.1 Å². The monoisotopic (exact) mass is 181 g/mol. The highest BCUT2D eigenvalue weighted by molar-refractivity contribution is 5.84. The number of hydrogen-bond donors (Lipinski definition) is 1. The van der Waals surface area contributed by atoms with E-state index in [0.717, 1.165) is 25.3 Å². The van der Waals surface area contributed by atoms with Gasteiger partial charge in [-0.1, -0.05) is 25.7 Å². The molecular weight excluding hydrogens is 162 g/mol. The zero-order chi connectivity index (χ0) is 9.10. The van der Waals surface area contributed by atoms with E-state index in [9.17, 15) is 4.79 Å². The van der Waals surface area contributed by atoms with Crippen LogP contribution in [0.25, 0.3) is 0 Å². The molecule has 0 bridgehead atoms. The molecule has 2 fully saturated rings. The third-order valence-corrected chi connectivity index (χ3v) is 3.41. The SMILES string of the molecule is O=C(CC1CCC1)C1CCCCN1. The second-order valence-corrected chi connectivity index (χ2v) is 4.47. The molecular formula is C11H19NO. The van der Waals surface area contributed by atoms with Crippen molar-refractivity contribution in [2.45, 2.75) is 51.0 Å². The van der Waals surface area contributed by atoms with Crippen LogP contribution in [0.15, 0.2) is 0 Å². The minimum absolute atomic E-state index is 0.203. The highest BCUT2D eigenvalue weighted by Gasteiger charge is 2.26. The molecule has 2 rings (SSSR count). The van der Waals surface area contributed by atoms with Crippen LogP contribution in [-0.2, 0) is 4.79 Å². The Morgan fingerprint density at radius 3 is 2.54 bits per heavy atom. The smallest absolute Gasteiger partial charge is 0.150 e. The first-order valence-corrected chi connectivity index (χ1v) is 5.62.